The molecule has 1 aromatic carbocycles. The number of thioether (sulfide) groups is 1. The lowest BCUT2D eigenvalue weighted by atomic mass is 9.75. The van der Waals surface area contributed by atoms with Gasteiger partial charge in [-0.3, -0.25) is 9.59 Å². The van der Waals surface area contributed by atoms with Crippen molar-refractivity contribution in [2.75, 3.05) is 12.8 Å². The van der Waals surface area contributed by atoms with Crippen LogP contribution in [0.2, 0.25) is 0 Å². The van der Waals surface area contributed by atoms with Crippen molar-refractivity contribution < 1.29 is 19.6 Å². The lowest BCUT2D eigenvalue weighted by Gasteiger charge is -2.20. The van der Waals surface area contributed by atoms with Crippen LogP contribution in [0.25, 0.3) is 0 Å². The Labute approximate surface area is 153 Å². The summed E-state index contributed by atoms with van der Waals surface area (Å²) in [5, 5.41) is 24.1. The average molecular weight is 366 g/mol. The number of amides is 2. The third-order valence-corrected chi connectivity index (χ3v) is 5.13. The van der Waals surface area contributed by atoms with Gasteiger partial charge in [0.15, 0.2) is 0 Å². The van der Waals surface area contributed by atoms with E-state index in [4.69, 9.17) is 0 Å². The molecule has 8 heteroatoms. The maximum absolute atomic E-state index is 12.0. The molecule has 2 atom stereocenters. The van der Waals surface area contributed by atoms with Crippen LogP contribution in [0.3, 0.4) is 0 Å². The van der Waals surface area contributed by atoms with Gasteiger partial charge in [0, 0.05) is 0 Å². The quantitative estimate of drug-likeness (QED) is 0.480. The molecule has 1 rings (SSSR count). The van der Waals surface area contributed by atoms with Crippen molar-refractivity contribution >= 4 is 30.7 Å². The number of hydrogen-bond donors (Lipinski definition) is 4. The summed E-state index contributed by atoms with van der Waals surface area (Å²) in [5.41, 5.74) is 3.08. The SMILES string of the molecule is CCC(SC)C(=O)NCC(=O)N[C@@H](Cc1ccc(C)cc1C)B(O)O. The van der Waals surface area contributed by atoms with Crippen molar-refractivity contribution in [2.45, 2.75) is 44.8 Å². The second kappa shape index (κ2) is 10.5. The van der Waals surface area contributed by atoms with Gasteiger partial charge in [0.2, 0.25) is 11.8 Å². The molecule has 0 aliphatic carbocycles. The molecule has 0 heterocycles. The Morgan fingerprint density at radius 1 is 1.28 bits per heavy atom. The van der Waals surface area contributed by atoms with E-state index in [-0.39, 0.29) is 17.7 Å². The summed E-state index contributed by atoms with van der Waals surface area (Å²) in [4.78, 5) is 23.9. The van der Waals surface area contributed by atoms with Crippen molar-refractivity contribution in [2.24, 2.45) is 0 Å². The first kappa shape index (κ1) is 21.5. The van der Waals surface area contributed by atoms with Gasteiger partial charge in [-0.05, 0) is 44.1 Å². The van der Waals surface area contributed by atoms with Gasteiger partial charge in [0.1, 0.15) is 0 Å². The van der Waals surface area contributed by atoms with Gasteiger partial charge in [-0.1, -0.05) is 30.7 Å². The molecule has 0 spiro atoms. The number of rotatable bonds is 9. The smallest absolute Gasteiger partial charge is 0.426 e. The summed E-state index contributed by atoms with van der Waals surface area (Å²) in [6.07, 6.45) is 2.82. The third kappa shape index (κ3) is 7.09. The highest BCUT2D eigenvalue weighted by atomic mass is 32.2. The summed E-state index contributed by atoms with van der Waals surface area (Å²) < 4.78 is 0. The van der Waals surface area contributed by atoms with Crippen molar-refractivity contribution in [3.63, 3.8) is 0 Å². The topological polar surface area (TPSA) is 98.7 Å². The van der Waals surface area contributed by atoms with Crippen molar-refractivity contribution in [1.29, 1.82) is 0 Å². The number of aryl methyl sites for hydroxylation is 2. The Bertz CT molecular complexity index is 594. The molecule has 25 heavy (non-hydrogen) atoms. The van der Waals surface area contributed by atoms with Gasteiger partial charge in [-0.15, -0.1) is 0 Å². The normalized spacial score (nSPS) is 13.0. The lowest BCUT2D eigenvalue weighted by Crippen LogP contribution is -2.51. The lowest BCUT2D eigenvalue weighted by molar-refractivity contribution is -0.126. The van der Waals surface area contributed by atoms with Gasteiger partial charge in [0.25, 0.3) is 0 Å². The van der Waals surface area contributed by atoms with E-state index in [1.54, 1.807) is 0 Å². The molecule has 0 aliphatic heterocycles. The summed E-state index contributed by atoms with van der Waals surface area (Å²) in [7, 11) is -1.69. The van der Waals surface area contributed by atoms with Gasteiger partial charge in [-0.2, -0.15) is 11.8 Å². The van der Waals surface area contributed by atoms with Gasteiger partial charge in [-0.25, -0.2) is 0 Å². The standard InChI is InChI=1S/C17H27BN2O4S/c1-5-14(25-4)17(22)19-10-16(21)20-15(18(23)24)9-13-7-6-11(2)8-12(13)3/h6-8,14-15,23-24H,5,9-10H2,1-4H3,(H,19,22)(H,20,21)/t14?,15-/m0/s1. The second-order valence-corrected chi connectivity index (χ2v) is 7.11. The minimum atomic E-state index is -1.69. The highest BCUT2D eigenvalue weighted by molar-refractivity contribution is 7.99. The fourth-order valence-electron chi connectivity index (χ4n) is 2.54. The first-order valence-electron chi connectivity index (χ1n) is 8.30. The van der Waals surface area contributed by atoms with Crippen LogP contribution in [0.4, 0.5) is 0 Å². The number of carbonyl (C=O) groups is 2. The van der Waals surface area contributed by atoms with E-state index in [0.29, 0.717) is 12.8 Å². The van der Waals surface area contributed by atoms with Crippen LogP contribution < -0.4 is 10.6 Å². The third-order valence-electron chi connectivity index (χ3n) is 4.02. The van der Waals surface area contributed by atoms with E-state index >= 15 is 0 Å². The zero-order valence-electron chi connectivity index (χ0n) is 15.2. The Morgan fingerprint density at radius 3 is 2.48 bits per heavy atom. The maximum Gasteiger partial charge on any atom is 0.475 e. The zero-order valence-corrected chi connectivity index (χ0v) is 16.0. The molecule has 4 N–H and O–H groups in total. The highest BCUT2D eigenvalue weighted by Crippen LogP contribution is 2.13. The van der Waals surface area contributed by atoms with Crippen LogP contribution in [0.5, 0.6) is 0 Å². The molecule has 6 nitrogen and oxygen atoms in total. The van der Waals surface area contributed by atoms with Crippen LogP contribution in [-0.2, 0) is 16.0 Å². The Morgan fingerprint density at radius 2 is 1.96 bits per heavy atom. The van der Waals surface area contributed by atoms with Crippen LogP contribution in [0, 0.1) is 13.8 Å². The number of hydrogen-bond acceptors (Lipinski definition) is 5. The minimum Gasteiger partial charge on any atom is -0.426 e. The summed E-state index contributed by atoms with van der Waals surface area (Å²) >= 11 is 1.43. The molecular weight excluding hydrogens is 339 g/mol. The van der Waals surface area contributed by atoms with E-state index in [2.05, 4.69) is 10.6 Å². The predicted molar refractivity (Wildman–Crippen MR) is 102 cm³/mol. The monoisotopic (exact) mass is 366 g/mol. The van der Waals surface area contributed by atoms with Crippen LogP contribution in [0.1, 0.15) is 30.0 Å². The molecule has 1 unspecified atom stereocenters. The largest absolute Gasteiger partial charge is 0.475 e. The van der Waals surface area contributed by atoms with E-state index in [9.17, 15) is 19.6 Å². The van der Waals surface area contributed by atoms with Crippen LogP contribution in [0.15, 0.2) is 18.2 Å². The van der Waals surface area contributed by atoms with E-state index in [1.165, 1.54) is 11.8 Å². The van der Waals surface area contributed by atoms with Crippen molar-refractivity contribution in [3.8, 4) is 0 Å². The molecule has 0 saturated carbocycles. The van der Waals surface area contributed by atoms with Crippen LogP contribution in [-0.4, -0.2) is 53.0 Å². The molecule has 0 fully saturated rings. The second-order valence-electron chi connectivity index (χ2n) is 6.07. The predicted octanol–water partition coefficient (Wildman–Crippen LogP) is 0.601. The molecule has 0 bridgehead atoms. The first-order valence-corrected chi connectivity index (χ1v) is 9.59. The Balaban J connectivity index is 2.62. The van der Waals surface area contributed by atoms with Crippen molar-refractivity contribution in [1.82, 2.24) is 10.6 Å². The molecule has 138 valence electrons. The van der Waals surface area contributed by atoms with E-state index in [0.717, 1.165) is 16.7 Å². The Kier molecular flexibility index (Phi) is 9.03. The van der Waals surface area contributed by atoms with Gasteiger partial charge >= 0.3 is 7.12 Å². The summed E-state index contributed by atoms with van der Waals surface area (Å²) in [6, 6.07) is 5.86. The molecule has 0 saturated heterocycles. The molecule has 0 aliphatic rings. The molecule has 0 radical (unpaired) electrons. The molecular formula is C17H27BN2O4S. The Hall–Kier alpha value is -1.51. The maximum atomic E-state index is 12.0. The fourth-order valence-corrected chi connectivity index (χ4v) is 3.17. The fraction of sp³-hybridized carbons (Fsp3) is 0.529. The molecule has 1 aromatic rings. The molecule has 2 amide bonds. The number of carbonyl (C=O) groups excluding carboxylic acids is 2. The highest BCUT2D eigenvalue weighted by Gasteiger charge is 2.26. The number of benzene rings is 1. The minimum absolute atomic E-state index is 0.188. The first-order chi connectivity index (χ1) is 11.8. The van der Waals surface area contributed by atoms with E-state index in [1.807, 2.05) is 45.2 Å². The van der Waals surface area contributed by atoms with E-state index < -0.39 is 19.0 Å². The van der Waals surface area contributed by atoms with Gasteiger partial charge in [0.05, 0.1) is 17.7 Å². The summed E-state index contributed by atoms with van der Waals surface area (Å²) in [6.45, 7) is 5.64. The average Bonchev–Trinajstić information content (AvgIpc) is 2.55. The number of nitrogens with one attached hydrogen (secondary N) is 2. The summed E-state index contributed by atoms with van der Waals surface area (Å²) in [5.74, 6) is -1.49. The molecule has 0 aromatic heterocycles. The van der Waals surface area contributed by atoms with Crippen LogP contribution >= 0.6 is 11.8 Å². The zero-order chi connectivity index (χ0) is 19.0. The van der Waals surface area contributed by atoms with Crippen molar-refractivity contribution in [3.05, 3.63) is 34.9 Å². The van der Waals surface area contributed by atoms with Gasteiger partial charge < -0.3 is 20.7 Å².